The first-order valence-corrected chi connectivity index (χ1v) is 14.1. The molecule has 2 saturated heterocycles. The average Bonchev–Trinajstić information content (AvgIpc) is 2.75. The normalized spacial score (nSPS) is 19.8. The summed E-state index contributed by atoms with van der Waals surface area (Å²) in [4.78, 5) is 2.49. The zero-order chi connectivity index (χ0) is 23.1. The predicted octanol–water partition coefficient (Wildman–Crippen LogP) is 3.05. The third-order valence-electron chi connectivity index (χ3n) is 6.57. The van der Waals surface area contributed by atoms with Gasteiger partial charge in [0.05, 0.1) is 16.3 Å². The van der Waals surface area contributed by atoms with Crippen molar-refractivity contribution in [3.63, 3.8) is 0 Å². The number of piperazine rings is 1. The number of benzene rings is 2. The van der Waals surface area contributed by atoms with Crippen LogP contribution in [-0.4, -0.2) is 59.6 Å². The number of hydrogen-bond acceptors (Lipinski definition) is 5. The van der Waals surface area contributed by atoms with Crippen molar-refractivity contribution in [2.75, 3.05) is 47.7 Å². The molecule has 174 valence electrons. The summed E-state index contributed by atoms with van der Waals surface area (Å²) >= 11 is 0. The van der Waals surface area contributed by atoms with Crippen LogP contribution in [-0.2, 0) is 20.0 Å². The van der Waals surface area contributed by atoms with Gasteiger partial charge in [0.2, 0.25) is 20.0 Å². The fraction of sp³-hybridized carbons (Fsp3) is 0.478. The summed E-state index contributed by atoms with van der Waals surface area (Å²) in [7, 11) is -6.99. The summed E-state index contributed by atoms with van der Waals surface area (Å²) in [6.45, 7) is 8.45. The van der Waals surface area contributed by atoms with Gasteiger partial charge in [-0.2, -0.15) is 4.31 Å². The zero-order valence-electron chi connectivity index (χ0n) is 18.9. The van der Waals surface area contributed by atoms with Gasteiger partial charge in [0.1, 0.15) is 0 Å². The second-order valence-corrected chi connectivity index (χ2v) is 12.6. The highest BCUT2D eigenvalue weighted by Crippen LogP contribution is 2.30. The molecular formula is C23H31N3O4S2. The molecule has 2 heterocycles. The van der Waals surface area contributed by atoms with Crippen LogP contribution in [0.1, 0.15) is 29.5 Å². The van der Waals surface area contributed by atoms with Crippen molar-refractivity contribution >= 4 is 31.4 Å². The maximum atomic E-state index is 13.4. The third kappa shape index (κ3) is 4.25. The Morgan fingerprint density at radius 2 is 1.56 bits per heavy atom. The van der Waals surface area contributed by atoms with Crippen LogP contribution < -0.4 is 9.21 Å². The lowest BCUT2D eigenvalue weighted by Crippen LogP contribution is -2.49. The van der Waals surface area contributed by atoms with Gasteiger partial charge >= 0.3 is 0 Å². The number of aryl methyl sites for hydroxylation is 2. The summed E-state index contributed by atoms with van der Waals surface area (Å²) in [5, 5.41) is 0. The van der Waals surface area contributed by atoms with E-state index in [9.17, 15) is 16.8 Å². The van der Waals surface area contributed by atoms with Gasteiger partial charge in [-0.15, -0.1) is 0 Å². The summed E-state index contributed by atoms with van der Waals surface area (Å²) in [6, 6.07) is 11.1. The summed E-state index contributed by atoms with van der Waals surface area (Å²) in [5.41, 5.74) is 4.72. The van der Waals surface area contributed by atoms with E-state index < -0.39 is 20.0 Å². The quantitative estimate of drug-likeness (QED) is 0.676. The van der Waals surface area contributed by atoms with Crippen LogP contribution in [0.3, 0.4) is 0 Å². The SMILES string of the molecule is Cc1cc(N2CCCCS2(=O)=O)ccc1S(=O)(=O)N1CCN(c2cccc(C)c2C)CC1. The molecule has 0 atom stereocenters. The van der Waals surface area contributed by atoms with Crippen molar-refractivity contribution < 1.29 is 16.8 Å². The first kappa shape index (κ1) is 23.1. The van der Waals surface area contributed by atoms with Gasteiger partial charge in [0.25, 0.3) is 0 Å². The lowest BCUT2D eigenvalue weighted by atomic mass is 10.1. The Balaban J connectivity index is 1.52. The first-order valence-electron chi connectivity index (χ1n) is 11.0. The van der Waals surface area contributed by atoms with Gasteiger partial charge in [-0.3, -0.25) is 4.31 Å². The van der Waals surface area contributed by atoms with Crippen LogP contribution in [0.5, 0.6) is 0 Å². The summed E-state index contributed by atoms with van der Waals surface area (Å²) in [5.74, 6) is 0.136. The highest BCUT2D eigenvalue weighted by Gasteiger charge is 2.31. The van der Waals surface area contributed by atoms with E-state index in [0.717, 1.165) is 12.1 Å². The number of sulfonamides is 2. The molecule has 0 amide bonds. The van der Waals surface area contributed by atoms with Crippen molar-refractivity contribution in [2.24, 2.45) is 0 Å². The van der Waals surface area contributed by atoms with Crippen LogP contribution in [0, 0.1) is 20.8 Å². The predicted molar refractivity (Wildman–Crippen MR) is 128 cm³/mol. The van der Waals surface area contributed by atoms with Crippen LogP contribution in [0.4, 0.5) is 11.4 Å². The van der Waals surface area contributed by atoms with Gasteiger partial charge in [-0.25, -0.2) is 16.8 Å². The van der Waals surface area contributed by atoms with Crippen molar-refractivity contribution in [2.45, 2.75) is 38.5 Å². The van der Waals surface area contributed by atoms with E-state index in [1.807, 2.05) is 6.07 Å². The molecule has 7 nitrogen and oxygen atoms in total. The maximum absolute atomic E-state index is 13.4. The van der Waals surface area contributed by atoms with E-state index in [4.69, 9.17) is 0 Å². The van der Waals surface area contributed by atoms with Crippen molar-refractivity contribution in [1.82, 2.24) is 4.31 Å². The molecule has 2 fully saturated rings. The molecule has 0 aromatic heterocycles. The Labute approximate surface area is 191 Å². The van der Waals surface area contributed by atoms with E-state index in [1.54, 1.807) is 25.1 Å². The Morgan fingerprint density at radius 1 is 0.844 bits per heavy atom. The molecule has 0 N–H and O–H groups in total. The minimum atomic E-state index is -3.65. The Hall–Kier alpha value is -2.10. The molecule has 0 radical (unpaired) electrons. The molecule has 2 aromatic rings. The fourth-order valence-corrected chi connectivity index (χ4v) is 7.80. The molecule has 32 heavy (non-hydrogen) atoms. The van der Waals surface area contributed by atoms with Gasteiger partial charge in [0, 0.05) is 38.4 Å². The van der Waals surface area contributed by atoms with Crippen molar-refractivity contribution in [3.8, 4) is 0 Å². The summed E-state index contributed by atoms with van der Waals surface area (Å²) < 4.78 is 54.5. The van der Waals surface area contributed by atoms with Gasteiger partial charge < -0.3 is 4.90 Å². The largest absolute Gasteiger partial charge is 0.369 e. The number of hydrogen-bond donors (Lipinski definition) is 0. The van der Waals surface area contributed by atoms with Crippen LogP contribution in [0.25, 0.3) is 0 Å². The van der Waals surface area contributed by atoms with E-state index in [1.165, 1.54) is 19.7 Å². The van der Waals surface area contributed by atoms with Crippen LogP contribution >= 0.6 is 0 Å². The zero-order valence-corrected chi connectivity index (χ0v) is 20.5. The van der Waals surface area contributed by atoms with E-state index in [0.29, 0.717) is 50.4 Å². The Bertz CT molecular complexity index is 1220. The molecule has 0 bridgehead atoms. The molecular weight excluding hydrogens is 446 g/mol. The molecule has 4 rings (SSSR count). The molecule has 0 aliphatic carbocycles. The third-order valence-corrected chi connectivity index (χ3v) is 10.5. The minimum Gasteiger partial charge on any atom is -0.369 e. The van der Waals surface area contributed by atoms with Crippen molar-refractivity contribution in [1.29, 1.82) is 0 Å². The van der Waals surface area contributed by atoms with Crippen molar-refractivity contribution in [3.05, 3.63) is 53.1 Å². The molecule has 0 unspecified atom stereocenters. The van der Waals surface area contributed by atoms with Crippen LogP contribution in [0.2, 0.25) is 0 Å². The average molecular weight is 478 g/mol. The molecule has 0 spiro atoms. The van der Waals surface area contributed by atoms with Crippen LogP contribution in [0.15, 0.2) is 41.3 Å². The van der Waals surface area contributed by atoms with Gasteiger partial charge in [0.15, 0.2) is 0 Å². The monoisotopic (exact) mass is 477 g/mol. The van der Waals surface area contributed by atoms with Gasteiger partial charge in [-0.05, 0) is 74.6 Å². The lowest BCUT2D eigenvalue weighted by molar-refractivity contribution is 0.384. The number of rotatable bonds is 4. The van der Waals surface area contributed by atoms with E-state index >= 15 is 0 Å². The minimum absolute atomic E-state index is 0.136. The molecule has 2 aliphatic rings. The Morgan fingerprint density at radius 3 is 2.22 bits per heavy atom. The molecule has 9 heteroatoms. The second-order valence-electron chi connectivity index (χ2n) is 8.66. The summed E-state index contributed by atoms with van der Waals surface area (Å²) in [6.07, 6.45) is 1.47. The highest BCUT2D eigenvalue weighted by atomic mass is 32.2. The number of nitrogens with zero attached hydrogens (tertiary/aromatic N) is 3. The molecule has 2 aromatic carbocycles. The fourth-order valence-electron chi connectivity index (χ4n) is 4.54. The standard InChI is InChI=1S/C23H31N3O4S2/c1-18-7-6-8-22(20(18)3)24-12-14-25(15-13-24)32(29,30)23-10-9-21(17-19(23)2)26-11-4-5-16-31(26,27)28/h6-10,17H,4-5,11-16H2,1-3H3. The maximum Gasteiger partial charge on any atom is 0.243 e. The number of anilines is 2. The topological polar surface area (TPSA) is 78.0 Å². The molecule has 0 saturated carbocycles. The first-order chi connectivity index (χ1) is 15.1. The highest BCUT2D eigenvalue weighted by molar-refractivity contribution is 7.92. The van der Waals surface area contributed by atoms with E-state index in [-0.39, 0.29) is 10.6 Å². The second kappa shape index (κ2) is 8.68. The smallest absolute Gasteiger partial charge is 0.243 e. The molecule has 2 aliphatic heterocycles. The lowest BCUT2D eigenvalue weighted by Gasteiger charge is -2.36. The van der Waals surface area contributed by atoms with E-state index in [2.05, 4.69) is 30.9 Å². The van der Waals surface area contributed by atoms with Gasteiger partial charge in [-0.1, -0.05) is 12.1 Å². The Kier molecular flexibility index (Phi) is 6.26.